The fourth-order valence-corrected chi connectivity index (χ4v) is 1.59. The first-order valence-corrected chi connectivity index (χ1v) is 6.33. The van der Waals surface area contributed by atoms with Crippen LogP contribution in [0.25, 0.3) is 10.9 Å². The number of aromatic nitrogens is 1. The summed E-state index contributed by atoms with van der Waals surface area (Å²) < 4.78 is 4.65. The van der Waals surface area contributed by atoms with Gasteiger partial charge in [0.1, 0.15) is 5.82 Å². The number of rotatable bonds is 1. The second kappa shape index (κ2) is 6.96. The minimum absolute atomic E-state index is 0.337. The number of carbonyl (C=O) groups is 1. The number of anilines is 1. The highest BCUT2D eigenvalue weighted by molar-refractivity contribution is 6.64. The van der Waals surface area contributed by atoms with E-state index in [0.717, 1.165) is 16.5 Å². The van der Waals surface area contributed by atoms with Crippen molar-refractivity contribution in [1.82, 2.24) is 4.98 Å². The molecule has 0 aliphatic rings. The van der Waals surface area contributed by atoms with Crippen molar-refractivity contribution in [2.45, 2.75) is 13.8 Å². The fraction of sp³-hybridized carbons (Fsp3) is 0.286. The third-order valence-electron chi connectivity index (χ3n) is 2.83. The molecular formula is C14H18ClN3O2. The summed E-state index contributed by atoms with van der Waals surface area (Å²) >= 11 is 5.21. The molecule has 2 rings (SSSR count). The van der Waals surface area contributed by atoms with E-state index >= 15 is 0 Å². The van der Waals surface area contributed by atoms with E-state index < -0.39 is 0 Å². The second-order valence-corrected chi connectivity index (χ2v) is 4.68. The van der Waals surface area contributed by atoms with Gasteiger partial charge in [0, 0.05) is 18.0 Å². The highest BCUT2D eigenvalue weighted by Gasteiger charge is 2.09. The Morgan fingerprint density at radius 2 is 2.05 bits per heavy atom. The maximum absolute atomic E-state index is 11.3. The number of nitrogens with two attached hydrogens (primary N) is 1. The predicted octanol–water partition coefficient (Wildman–Crippen LogP) is 3.12. The first-order valence-electron chi connectivity index (χ1n) is 5.95. The van der Waals surface area contributed by atoms with Gasteiger partial charge in [-0.05, 0) is 37.6 Å². The van der Waals surface area contributed by atoms with Crippen molar-refractivity contribution in [2.24, 2.45) is 4.99 Å². The number of halogens is 1. The highest BCUT2D eigenvalue weighted by Crippen LogP contribution is 2.24. The molecule has 1 heterocycles. The fourth-order valence-electron chi connectivity index (χ4n) is 1.59. The Labute approximate surface area is 122 Å². The summed E-state index contributed by atoms with van der Waals surface area (Å²) in [6.45, 7) is 3.65. The third kappa shape index (κ3) is 3.74. The summed E-state index contributed by atoms with van der Waals surface area (Å²) in [5, 5.41) is 1.56. The molecule has 6 heteroatoms. The number of benzene rings is 1. The number of methoxy groups -OCH3 is 1. The van der Waals surface area contributed by atoms with E-state index in [9.17, 15) is 4.79 Å². The van der Waals surface area contributed by atoms with E-state index in [4.69, 9.17) is 17.3 Å². The Morgan fingerprint density at radius 3 is 2.55 bits per heavy atom. The lowest BCUT2D eigenvalue weighted by molar-refractivity contribution is 0.0601. The molecule has 20 heavy (non-hydrogen) atoms. The van der Waals surface area contributed by atoms with Gasteiger partial charge in [-0.15, -0.1) is 0 Å². The maximum Gasteiger partial charge on any atom is 0.337 e. The molecule has 2 aromatic rings. The zero-order valence-corrected chi connectivity index (χ0v) is 12.7. The van der Waals surface area contributed by atoms with Crippen molar-refractivity contribution in [3.63, 3.8) is 0 Å². The number of fused-ring (bicyclic) bond motifs is 1. The molecule has 1 aromatic heterocycles. The number of ether oxygens (including phenoxy) is 1. The summed E-state index contributed by atoms with van der Waals surface area (Å²) in [5.74, 6) is 0.295. The van der Waals surface area contributed by atoms with Gasteiger partial charge < -0.3 is 15.5 Å². The molecule has 108 valence electrons. The number of nitrogens with one attached hydrogen (secondary N) is 1. The Morgan fingerprint density at radius 1 is 1.45 bits per heavy atom. The SMILES string of the molecule is CN=C(C)Cl.COC(=O)c1ccc2[nH]c(N)c(C)c2c1. The predicted molar refractivity (Wildman–Crippen MR) is 83.7 cm³/mol. The quantitative estimate of drug-likeness (QED) is 0.626. The number of esters is 1. The van der Waals surface area contributed by atoms with Crippen LogP contribution < -0.4 is 5.73 Å². The zero-order chi connectivity index (χ0) is 15.3. The minimum atomic E-state index is -0.337. The van der Waals surface area contributed by atoms with E-state index in [1.54, 1.807) is 26.1 Å². The van der Waals surface area contributed by atoms with Crippen molar-refractivity contribution >= 4 is 39.5 Å². The molecule has 0 saturated heterocycles. The Hall–Kier alpha value is -2.01. The molecule has 0 spiro atoms. The molecule has 5 nitrogen and oxygen atoms in total. The molecule has 0 amide bonds. The molecule has 3 N–H and O–H groups in total. The summed E-state index contributed by atoms with van der Waals surface area (Å²) in [6.07, 6.45) is 0. The molecule has 0 aliphatic heterocycles. The van der Waals surface area contributed by atoms with Gasteiger partial charge in [-0.1, -0.05) is 11.6 Å². The molecule has 0 radical (unpaired) electrons. The van der Waals surface area contributed by atoms with E-state index in [1.165, 1.54) is 7.11 Å². The van der Waals surface area contributed by atoms with Crippen LogP contribution in [0.5, 0.6) is 0 Å². The van der Waals surface area contributed by atoms with Crippen molar-refractivity contribution < 1.29 is 9.53 Å². The molecule has 0 bridgehead atoms. The van der Waals surface area contributed by atoms with E-state index in [0.29, 0.717) is 16.6 Å². The van der Waals surface area contributed by atoms with Gasteiger partial charge >= 0.3 is 5.97 Å². The number of H-pyrrole nitrogens is 1. The van der Waals surface area contributed by atoms with Crippen LogP contribution in [0.4, 0.5) is 5.82 Å². The Bertz CT molecular complexity index is 643. The highest BCUT2D eigenvalue weighted by atomic mass is 35.5. The van der Waals surface area contributed by atoms with Gasteiger partial charge in [-0.2, -0.15) is 0 Å². The first kappa shape index (κ1) is 16.0. The number of aromatic amines is 1. The molecule has 1 aromatic carbocycles. The average molecular weight is 296 g/mol. The van der Waals surface area contributed by atoms with E-state index in [1.807, 2.05) is 13.0 Å². The minimum Gasteiger partial charge on any atom is -0.465 e. The summed E-state index contributed by atoms with van der Waals surface area (Å²) in [5.41, 5.74) is 8.16. The number of aliphatic imine (C=N–C) groups is 1. The molecule has 0 unspecified atom stereocenters. The standard InChI is InChI=1S/C11H12N2O2.C3H6ClN/c1-6-8-5-7(11(14)15-2)3-4-9(8)13-10(6)12;1-3(4)5-2/h3-5,13H,12H2,1-2H3;1-2H3. The normalized spacial score (nSPS) is 10.9. The average Bonchev–Trinajstić information content (AvgIpc) is 2.73. The number of nitrogens with zero attached hydrogens (tertiary/aromatic N) is 1. The molecular weight excluding hydrogens is 278 g/mol. The summed E-state index contributed by atoms with van der Waals surface area (Å²) in [7, 11) is 3.02. The number of nitrogen functional groups attached to an aromatic ring is 1. The van der Waals surface area contributed by atoms with Gasteiger partial charge in [0.2, 0.25) is 0 Å². The van der Waals surface area contributed by atoms with Crippen molar-refractivity contribution in [1.29, 1.82) is 0 Å². The first-order chi connectivity index (χ1) is 9.40. The van der Waals surface area contributed by atoms with E-state index in [2.05, 4.69) is 14.7 Å². The maximum atomic E-state index is 11.3. The number of hydrogen-bond acceptors (Lipinski definition) is 4. The van der Waals surface area contributed by atoms with Crippen LogP contribution in [0.1, 0.15) is 22.8 Å². The number of carbonyl (C=O) groups excluding carboxylic acids is 1. The number of aryl methyl sites for hydroxylation is 1. The topological polar surface area (TPSA) is 80.5 Å². The largest absolute Gasteiger partial charge is 0.465 e. The lowest BCUT2D eigenvalue weighted by Crippen LogP contribution is -2.00. The van der Waals surface area contributed by atoms with Gasteiger partial charge in [-0.25, -0.2) is 4.79 Å². The van der Waals surface area contributed by atoms with Gasteiger partial charge in [0.15, 0.2) is 0 Å². The van der Waals surface area contributed by atoms with Gasteiger partial charge in [0.05, 0.1) is 17.8 Å². The van der Waals surface area contributed by atoms with Crippen molar-refractivity contribution in [2.75, 3.05) is 19.9 Å². The van der Waals surface area contributed by atoms with Crippen LogP contribution in [-0.2, 0) is 4.74 Å². The van der Waals surface area contributed by atoms with Crippen LogP contribution in [0.15, 0.2) is 23.2 Å². The van der Waals surface area contributed by atoms with Gasteiger partial charge in [-0.3, -0.25) is 4.99 Å². The van der Waals surface area contributed by atoms with Crippen LogP contribution in [-0.4, -0.2) is 30.3 Å². The lowest BCUT2D eigenvalue weighted by Gasteiger charge is -1.99. The van der Waals surface area contributed by atoms with Crippen molar-refractivity contribution in [3.8, 4) is 0 Å². The van der Waals surface area contributed by atoms with Crippen LogP contribution in [0.2, 0.25) is 0 Å². The molecule has 0 saturated carbocycles. The summed E-state index contributed by atoms with van der Waals surface area (Å²) in [6, 6.07) is 5.32. The van der Waals surface area contributed by atoms with Crippen LogP contribution in [0, 0.1) is 6.92 Å². The number of hydrogen-bond donors (Lipinski definition) is 2. The van der Waals surface area contributed by atoms with Gasteiger partial charge in [0.25, 0.3) is 0 Å². The summed E-state index contributed by atoms with van der Waals surface area (Å²) in [4.78, 5) is 17.9. The Kier molecular flexibility index (Phi) is 5.58. The second-order valence-electron chi connectivity index (χ2n) is 4.14. The third-order valence-corrected chi connectivity index (χ3v) is 3.00. The lowest BCUT2D eigenvalue weighted by atomic mass is 10.1. The van der Waals surface area contributed by atoms with Crippen molar-refractivity contribution in [3.05, 3.63) is 29.3 Å². The van der Waals surface area contributed by atoms with E-state index in [-0.39, 0.29) is 5.97 Å². The smallest absolute Gasteiger partial charge is 0.337 e. The zero-order valence-electron chi connectivity index (χ0n) is 12.0. The monoisotopic (exact) mass is 295 g/mol. The molecule has 0 atom stereocenters. The Balaban J connectivity index is 0.000000347. The molecule has 0 aliphatic carbocycles. The van der Waals surface area contributed by atoms with Crippen LogP contribution in [0.3, 0.4) is 0 Å². The van der Waals surface area contributed by atoms with Crippen LogP contribution >= 0.6 is 11.6 Å². The molecule has 0 fully saturated rings.